The van der Waals surface area contributed by atoms with Crippen molar-refractivity contribution < 1.29 is 14.1 Å². The van der Waals surface area contributed by atoms with Gasteiger partial charge in [-0.2, -0.15) is 10.1 Å². The minimum atomic E-state index is -0.228. The molecule has 1 aliphatic heterocycles. The molecule has 0 radical (unpaired) electrons. The molecule has 1 aromatic carbocycles. The number of carbonyl (C=O) groups excluding carboxylic acids is 1. The van der Waals surface area contributed by atoms with Gasteiger partial charge in [0.15, 0.2) is 12.3 Å². The van der Waals surface area contributed by atoms with Crippen molar-refractivity contribution in [3.05, 3.63) is 52.9 Å². The number of carbonyl (C=O) groups is 1. The highest BCUT2D eigenvalue weighted by Gasteiger charge is 2.29. The molecule has 0 saturated heterocycles. The van der Waals surface area contributed by atoms with Crippen LogP contribution < -0.4 is 15.4 Å². The lowest BCUT2D eigenvalue weighted by molar-refractivity contribution is 0.102. The molecule has 0 atom stereocenters. The summed E-state index contributed by atoms with van der Waals surface area (Å²) in [5.41, 5.74) is 3.08. The number of rotatable bonds is 6. The number of ether oxygens (including phenoxy) is 1. The normalized spacial score (nSPS) is 15.3. The third-order valence-electron chi connectivity index (χ3n) is 4.91. The van der Waals surface area contributed by atoms with Crippen molar-refractivity contribution in [3.63, 3.8) is 0 Å². The molecule has 1 amide bonds. The van der Waals surface area contributed by atoms with E-state index in [0.29, 0.717) is 41.3 Å². The first kappa shape index (κ1) is 19.4. The van der Waals surface area contributed by atoms with E-state index in [9.17, 15) is 4.79 Å². The Labute approximate surface area is 173 Å². The van der Waals surface area contributed by atoms with Crippen LogP contribution in [0.1, 0.15) is 52.2 Å². The second-order valence-electron chi connectivity index (χ2n) is 7.05. The highest BCUT2D eigenvalue weighted by atomic mass is 35.5. The summed E-state index contributed by atoms with van der Waals surface area (Å²) in [4.78, 5) is 16.9. The first-order valence-electron chi connectivity index (χ1n) is 9.40. The summed E-state index contributed by atoms with van der Waals surface area (Å²) in [6, 6.07) is 7.16. The van der Waals surface area contributed by atoms with E-state index in [1.54, 1.807) is 24.3 Å². The maximum atomic E-state index is 12.5. The van der Waals surface area contributed by atoms with E-state index in [0.717, 1.165) is 37.1 Å². The molecule has 1 aliphatic carbocycles. The predicted octanol–water partition coefficient (Wildman–Crippen LogP) is 2.57. The van der Waals surface area contributed by atoms with E-state index in [4.69, 9.17) is 9.26 Å². The molecule has 2 aliphatic rings. The van der Waals surface area contributed by atoms with Crippen LogP contribution in [0.3, 0.4) is 0 Å². The Morgan fingerprint density at radius 3 is 2.90 bits per heavy atom. The number of fused-ring (bicyclic) bond motifs is 1. The Bertz CT molecular complexity index is 996. The maximum absolute atomic E-state index is 12.5. The summed E-state index contributed by atoms with van der Waals surface area (Å²) in [5.74, 6) is 2.11. The molecule has 5 rings (SSSR count). The molecular formula is C19H21ClN6O3. The summed E-state index contributed by atoms with van der Waals surface area (Å²) >= 11 is 0. The van der Waals surface area contributed by atoms with Crippen molar-refractivity contribution >= 4 is 24.0 Å². The summed E-state index contributed by atoms with van der Waals surface area (Å²) in [5, 5.41) is 17.2. The number of H-pyrrole nitrogens is 1. The number of nitrogens with zero attached hydrogens (tertiary/aromatic N) is 3. The van der Waals surface area contributed by atoms with Crippen molar-refractivity contribution in [2.45, 2.75) is 38.3 Å². The van der Waals surface area contributed by atoms with Crippen LogP contribution in [-0.4, -0.2) is 32.8 Å². The minimum Gasteiger partial charge on any atom is -0.485 e. The van der Waals surface area contributed by atoms with Gasteiger partial charge in [-0.05, 0) is 37.1 Å². The summed E-state index contributed by atoms with van der Waals surface area (Å²) in [6.45, 7) is 1.79. The topological polar surface area (TPSA) is 118 Å². The van der Waals surface area contributed by atoms with Gasteiger partial charge in [0.1, 0.15) is 5.75 Å². The molecule has 3 aromatic rings. The largest absolute Gasteiger partial charge is 0.485 e. The Balaban J connectivity index is 0.00000205. The number of halogens is 1. The van der Waals surface area contributed by atoms with Crippen LogP contribution in [-0.2, 0) is 19.6 Å². The fraction of sp³-hybridized carbons (Fsp3) is 0.368. The van der Waals surface area contributed by atoms with Gasteiger partial charge in [0.25, 0.3) is 5.91 Å². The van der Waals surface area contributed by atoms with E-state index in [1.165, 1.54) is 0 Å². The zero-order valence-corrected chi connectivity index (χ0v) is 16.4. The number of aromatic amines is 1. The van der Waals surface area contributed by atoms with Gasteiger partial charge in [0.2, 0.25) is 11.7 Å². The molecule has 0 unspecified atom stereocenters. The zero-order valence-electron chi connectivity index (χ0n) is 15.6. The summed E-state index contributed by atoms with van der Waals surface area (Å²) in [7, 11) is 0. The van der Waals surface area contributed by atoms with Crippen LogP contribution in [0.4, 0.5) is 5.69 Å². The SMILES string of the molecule is Cl.O=C(Nc1ccc(OCc2noc(C3CC3)n2)cc1)c1n[nH]c2c1CNCC2. The fourth-order valence-electron chi connectivity index (χ4n) is 3.21. The summed E-state index contributed by atoms with van der Waals surface area (Å²) < 4.78 is 10.9. The second-order valence-corrected chi connectivity index (χ2v) is 7.05. The van der Waals surface area contributed by atoms with Gasteiger partial charge in [0.05, 0.1) is 0 Å². The van der Waals surface area contributed by atoms with E-state index in [-0.39, 0.29) is 24.9 Å². The summed E-state index contributed by atoms with van der Waals surface area (Å²) in [6.07, 6.45) is 3.09. The predicted molar refractivity (Wildman–Crippen MR) is 106 cm³/mol. The van der Waals surface area contributed by atoms with Gasteiger partial charge in [-0.1, -0.05) is 5.16 Å². The fourth-order valence-corrected chi connectivity index (χ4v) is 3.21. The first-order chi connectivity index (χ1) is 13.8. The average Bonchev–Trinajstić information content (AvgIpc) is 3.30. The van der Waals surface area contributed by atoms with E-state index in [1.807, 2.05) is 0 Å². The molecule has 0 spiro atoms. The van der Waals surface area contributed by atoms with Crippen LogP contribution >= 0.6 is 12.4 Å². The van der Waals surface area contributed by atoms with E-state index in [2.05, 4.69) is 31.0 Å². The van der Waals surface area contributed by atoms with Gasteiger partial charge in [-0.3, -0.25) is 9.89 Å². The van der Waals surface area contributed by atoms with Crippen LogP contribution in [0.25, 0.3) is 0 Å². The third kappa shape index (κ3) is 4.25. The van der Waals surface area contributed by atoms with Gasteiger partial charge in [-0.25, -0.2) is 0 Å². The Kier molecular flexibility index (Phi) is 5.50. The van der Waals surface area contributed by atoms with Gasteiger partial charge in [0, 0.05) is 42.4 Å². The van der Waals surface area contributed by atoms with Crippen molar-refractivity contribution in [1.29, 1.82) is 0 Å². The van der Waals surface area contributed by atoms with E-state index >= 15 is 0 Å². The smallest absolute Gasteiger partial charge is 0.276 e. The van der Waals surface area contributed by atoms with Crippen LogP contribution in [0.2, 0.25) is 0 Å². The lowest BCUT2D eigenvalue weighted by atomic mass is 10.1. The number of anilines is 1. The highest BCUT2D eigenvalue weighted by Crippen LogP contribution is 2.38. The Morgan fingerprint density at radius 2 is 2.10 bits per heavy atom. The molecule has 2 aromatic heterocycles. The highest BCUT2D eigenvalue weighted by molar-refractivity contribution is 6.04. The second kappa shape index (κ2) is 8.22. The number of benzene rings is 1. The number of nitrogens with one attached hydrogen (secondary N) is 3. The molecule has 152 valence electrons. The molecule has 1 saturated carbocycles. The van der Waals surface area contributed by atoms with Crippen LogP contribution in [0.5, 0.6) is 5.75 Å². The minimum absolute atomic E-state index is 0. The van der Waals surface area contributed by atoms with Crippen LogP contribution in [0, 0.1) is 0 Å². The lowest BCUT2D eigenvalue weighted by Crippen LogP contribution is -2.25. The molecular weight excluding hydrogens is 396 g/mol. The quantitative estimate of drug-likeness (QED) is 0.565. The third-order valence-corrected chi connectivity index (χ3v) is 4.91. The lowest BCUT2D eigenvalue weighted by Gasteiger charge is -2.13. The molecule has 0 bridgehead atoms. The van der Waals surface area contributed by atoms with Crippen molar-refractivity contribution in [3.8, 4) is 5.75 Å². The molecule has 3 heterocycles. The number of aromatic nitrogens is 4. The number of hydrogen-bond donors (Lipinski definition) is 3. The Hall–Kier alpha value is -2.91. The molecule has 1 fully saturated rings. The standard InChI is InChI=1S/C19H20N6O3.ClH/c26-18(17-14-9-20-8-7-15(14)23-24-17)21-12-3-5-13(6-4-12)27-10-16-22-19(28-25-16)11-1-2-11;/h3-6,11,20H,1-2,7-10H2,(H,21,26)(H,23,24);1H. The molecule has 10 heteroatoms. The molecule has 3 N–H and O–H groups in total. The van der Waals surface area contributed by atoms with Crippen molar-refractivity contribution in [2.75, 3.05) is 11.9 Å². The average molecular weight is 417 g/mol. The molecule has 9 nitrogen and oxygen atoms in total. The zero-order chi connectivity index (χ0) is 18.9. The molecule has 29 heavy (non-hydrogen) atoms. The van der Waals surface area contributed by atoms with Crippen molar-refractivity contribution in [2.24, 2.45) is 0 Å². The number of hydrogen-bond acceptors (Lipinski definition) is 7. The van der Waals surface area contributed by atoms with Gasteiger partial charge in [-0.15, -0.1) is 12.4 Å². The van der Waals surface area contributed by atoms with Gasteiger partial charge < -0.3 is 19.9 Å². The van der Waals surface area contributed by atoms with Crippen molar-refractivity contribution in [1.82, 2.24) is 25.7 Å². The van der Waals surface area contributed by atoms with Gasteiger partial charge >= 0.3 is 0 Å². The van der Waals surface area contributed by atoms with Crippen LogP contribution in [0.15, 0.2) is 28.8 Å². The maximum Gasteiger partial charge on any atom is 0.276 e. The first-order valence-corrected chi connectivity index (χ1v) is 9.40. The Morgan fingerprint density at radius 1 is 1.28 bits per heavy atom. The number of amides is 1. The monoisotopic (exact) mass is 416 g/mol. The van der Waals surface area contributed by atoms with E-state index < -0.39 is 0 Å².